The molecule has 0 aromatic heterocycles. The number of aliphatic hydroxyl groups is 2. The molecule has 28 heavy (non-hydrogen) atoms. The van der Waals surface area contributed by atoms with Crippen LogP contribution in [-0.2, 0) is 23.8 Å². The summed E-state index contributed by atoms with van der Waals surface area (Å²) in [4.78, 5) is 23.4. The van der Waals surface area contributed by atoms with Crippen LogP contribution in [0.1, 0.15) is 47.5 Å². The number of allylic oxidation sites excluding steroid dienone is 1. The monoisotopic (exact) mass is 414 g/mol. The summed E-state index contributed by atoms with van der Waals surface area (Å²) in [7, 11) is 0. The fourth-order valence-electron chi connectivity index (χ4n) is 5.73. The smallest absolute Gasteiger partial charge is 0.333 e. The first-order valence-electron chi connectivity index (χ1n) is 9.70. The minimum Gasteiger partial charge on any atom is -0.460 e. The van der Waals surface area contributed by atoms with Crippen molar-refractivity contribution in [3.05, 3.63) is 11.6 Å². The fraction of sp³-hybridized carbons (Fsp3) is 0.800. The van der Waals surface area contributed by atoms with E-state index in [2.05, 4.69) is 0 Å². The van der Waals surface area contributed by atoms with E-state index in [0.29, 0.717) is 5.57 Å². The molecular weight excluding hydrogens is 388 g/mol. The van der Waals surface area contributed by atoms with Crippen molar-refractivity contribution in [2.24, 2.45) is 11.8 Å². The van der Waals surface area contributed by atoms with Gasteiger partial charge in [0.1, 0.15) is 22.7 Å². The maximum Gasteiger partial charge on any atom is 0.333 e. The molecule has 4 rings (SSSR count). The molecule has 8 heteroatoms. The third kappa shape index (κ3) is 2.16. The SMILES string of the molecule is CC=C(C)C(=O)OC1CC(C)(O)C23OC2CC(C)(O)C3(Cl)C2OC(=O)C(C)C12. The number of alkyl halides is 1. The van der Waals surface area contributed by atoms with E-state index in [4.69, 9.17) is 25.8 Å². The number of hydrogen-bond acceptors (Lipinski definition) is 7. The molecule has 2 N–H and O–H groups in total. The van der Waals surface area contributed by atoms with Crippen molar-refractivity contribution in [1.29, 1.82) is 0 Å². The molecule has 2 heterocycles. The van der Waals surface area contributed by atoms with Crippen molar-refractivity contribution in [2.75, 3.05) is 0 Å². The van der Waals surface area contributed by atoms with E-state index < -0.39 is 63.8 Å². The number of ether oxygens (including phenoxy) is 3. The standard InChI is InChI=1S/C20H27ClO7/c1-6-9(2)15(22)26-11-7-18(5,25)20-12(28-20)8-17(4,24)19(20,21)14-13(11)10(3)16(23)27-14/h6,10-14,24-25H,7-8H2,1-5H3. The van der Waals surface area contributed by atoms with E-state index in [1.807, 2.05) is 0 Å². The Morgan fingerprint density at radius 2 is 1.93 bits per heavy atom. The zero-order chi connectivity index (χ0) is 20.9. The molecular formula is C20H27ClO7. The highest BCUT2D eigenvalue weighted by atomic mass is 35.5. The highest BCUT2D eigenvalue weighted by Crippen LogP contribution is 2.72. The van der Waals surface area contributed by atoms with Gasteiger partial charge in [-0.15, -0.1) is 11.6 Å². The molecule has 4 aliphatic rings. The summed E-state index contributed by atoms with van der Waals surface area (Å²) in [6.07, 6.45) is -0.354. The van der Waals surface area contributed by atoms with Gasteiger partial charge in [-0.3, -0.25) is 4.79 Å². The number of halogens is 1. The van der Waals surface area contributed by atoms with Crippen LogP contribution in [0.25, 0.3) is 0 Å². The van der Waals surface area contributed by atoms with Crippen molar-refractivity contribution in [2.45, 2.75) is 87.4 Å². The van der Waals surface area contributed by atoms with Crippen LogP contribution >= 0.6 is 11.6 Å². The average molecular weight is 415 g/mol. The second kappa shape index (κ2) is 5.72. The first-order valence-corrected chi connectivity index (χ1v) is 10.1. The van der Waals surface area contributed by atoms with E-state index in [1.54, 1.807) is 40.7 Å². The second-order valence-corrected chi connectivity index (χ2v) is 9.75. The topological polar surface area (TPSA) is 106 Å². The molecule has 156 valence electrons. The Bertz CT molecular complexity index is 775. The van der Waals surface area contributed by atoms with E-state index in [-0.39, 0.29) is 12.8 Å². The van der Waals surface area contributed by atoms with Gasteiger partial charge in [0, 0.05) is 24.3 Å². The van der Waals surface area contributed by atoms with Crippen LogP contribution in [0.15, 0.2) is 11.6 Å². The number of carbonyl (C=O) groups is 2. The van der Waals surface area contributed by atoms with E-state index in [1.165, 1.54) is 0 Å². The molecule has 0 aromatic carbocycles. The minimum atomic E-state index is -1.56. The fourth-order valence-corrected chi connectivity index (χ4v) is 6.37. The molecule has 0 bridgehead atoms. The molecule has 2 aliphatic carbocycles. The Labute approximate surface area is 169 Å². The van der Waals surface area contributed by atoms with Crippen LogP contribution in [0.4, 0.5) is 0 Å². The van der Waals surface area contributed by atoms with Crippen molar-refractivity contribution in [3.8, 4) is 0 Å². The summed E-state index contributed by atoms with van der Waals surface area (Å²) in [6.45, 7) is 8.22. The van der Waals surface area contributed by atoms with Gasteiger partial charge < -0.3 is 24.4 Å². The Morgan fingerprint density at radius 3 is 2.54 bits per heavy atom. The van der Waals surface area contributed by atoms with Crippen molar-refractivity contribution in [3.63, 3.8) is 0 Å². The molecule has 0 radical (unpaired) electrons. The lowest BCUT2D eigenvalue weighted by Gasteiger charge is -2.46. The van der Waals surface area contributed by atoms with Gasteiger partial charge in [0.15, 0.2) is 0 Å². The van der Waals surface area contributed by atoms with Crippen LogP contribution in [0.2, 0.25) is 0 Å². The highest BCUT2D eigenvalue weighted by Gasteiger charge is 2.90. The summed E-state index contributed by atoms with van der Waals surface area (Å²) in [5.41, 5.74) is -3.79. The van der Waals surface area contributed by atoms with Gasteiger partial charge in [-0.1, -0.05) is 13.0 Å². The van der Waals surface area contributed by atoms with Gasteiger partial charge in [-0.05, 0) is 27.7 Å². The third-order valence-corrected chi connectivity index (χ3v) is 8.31. The van der Waals surface area contributed by atoms with Crippen LogP contribution in [0.5, 0.6) is 0 Å². The van der Waals surface area contributed by atoms with Crippen LogP contribution in [0, 0.1) is 11.8 Å². The predicted molar refractivity (Wildman–Crippen MR) is 98.5 cm³/mol. The molecule has 0 amide bonds. The molecule has 1 spiro atoms. The maximum absolute atomic E-state index is 12.5. The Morgan fingerprint density at radius 1 is 1.29 bits per heavy atom. The first-order chi connectivity index (χ1) is 12.8. The normalized spacial score (nSPS) is 54.9. The van der Waals surface area contributed by atoms with Crippen LogP contribution in [-0.4, -0.2) is 62.1 Å². The summed E-state index contributed by atoms with van der Waals surface area (Å²) in [5.74, 6) is -2.21. The molecule has 2 aliphatic heterocycles. The Hall–Kier alpha value is -1.15. The molecule has 2 saturated carbocycles. The molecule has 4 fully saturated rings. The van der Waals surface area contributed by atoms with E-state index in [9.17, 15) is 19.8 Å². The number of rotatable bonds is 2. The number of fused-ring (bicyclic) bond motifs is 2. The summed E-state index contributed by atoms with van der Waals surface area (Å²) < 4.78 is 17.3. The molecule has 0 aromatic rings. The highest BCUT2D eigenvalue weighted by molar-refractivity contribution is 6.27. The number of carbonyl (C=O) groups excluding carboxylic acids is 2. The van der Waals surface area contributed by atoms with Gasteiger partial charge in [0.25, 0.3) is 0 Å². The van der Waals surface area contributed by atoms with Gasteiger partial charge in [-0.2, -0.15) is 0 Å². The van der Waals surface area contributed by atoms with Gasteiger partial charge in [0.2, 0.25) is 0 Å². The second-order valence-electron chi connectivity index (χ2n) is 9.15. The van der Waals surface area contributed by atoms with Crippen molar-refractivity contribution < 1.29 is 34.0 Å². The largest absolute Gasteiger partial charge is 0.460 e. The van der Waals surface area contributed by atoms with E-state index >= 15 is 0 Å². The number of hydrogen-bond donors (Lipinski definition) is 2. The maximum atomic E-state index is 12.5. The quantitative estimate of drug-likeness (QED) is 0.305. The lowest BCUT2D eigenvalue weighted by Crippen LogP contribution is -2.66. The molecule has 9 atom stereocenters. The first kappa shape index (κ1) is 20.1. The Kier molecular flexibility index (Phi) is 4.11. The molecule has 2 saturated heterocycles. The summed E-state index contributed by atoms with van der Waals surface area (Å²) in [6, 6.07) is 0. The van der Waals surface area contributed by atoms with E-state index in [0.717, 1.165) is 0 Å². The zero-order valence-electron chi connectivity index (χ0n) is 16.7. The van der Waals surface area contributed by atoms with Gasteiger partial charge in [0.05, 0.1) is 23.2 Å². The van der Waals surface area contributed by atoms with Gasteiger partial charge in [-0.25, -0.2) is 4.79 Å². The van der Waals surface area contributed by atoms with Crippen LogP contribution < -0.4 is 0 Å². The third-order valence-electron chi connectivity index (χ3n) is 7.41. The average Bonchev–Trinajstić information content (AvgIpc) is 3.20. The summed E-state index contributed by atoms with van der Waals surface area (Å²) in [5, 5.41) is 22.6. The van der Waals surface area contributed by atoms with Crippen LogP contribution in [0.3, 0.4) is 0 Å². The number of esters is 2. The molecule has 9 unspecified atom stereocenters. The van der Waals surface area contributed by atoms with Crippen molar-refractivity contribution in [1.82, 2.24) is 0 Å². The lowest BCUT2D eigenvalue weighted by atomic mass is 9.71. The lowest BCUT2D eigenvalue weighted by molar-refractivity contribution is -0.156. The predicted octanol–water partition coefficient (Wildman–Crippen LogP) is 1.47. The minimum absolute atomic E-state index is 0.0267. The molecule has 7 nitrogen and oxygen atoms in total. The van der Waals surface area contributed by atoms with Crippen molar-refractivity contribution >= 4 is 23.5 Å². The Balaban J connectivity index is 1.84. The zero-order valence-corrected chi connectivity index (χ0v) is 17.4. The summed E-state index contributed by atoms with van der Waals surface area (Å²) >= 11 is 7.10. The van der Waals surface area contributed by atoms with Gasteiger partial charge >= 0.3 is 11.9 Å². The number of epoxide rings is 1.